The molecule has 3 atom stereocenters. The topological polar surface area (TPSA) is 21.3 Å². The molecule has 1 aromatic rings. The average Bonchev–Trinajstić information content (AvgIpc) is 2.80. The summed E-state index contributed by atoms with van der Waals surface area (Å²) >= 11 is 3.40. The Bertz CT molecular complexity index is 427. The molecule has 1 fully saturated rings. The molecule has 0 bridgehead atoms. The first kappa shape index (κ1) is 14.9. The summed E-state index contributed by atoms with van der Waals surface area (Å²) in [6.07, 6.45) is 3.31. The van der Waals surface area contributed by atoms with E-state index in [1.165, 1.54) is 6.07 Å². The van der Waals surface area contributed by atoms with E-state index in [4.69, 9.17) is 4.74 Å². The third-order valence-electron chi connectivity index (χ3n) is 3.63. The molecule has 0 radical (unpaired) electrons. The van der Waals surface area contributed by atoms with E-state index >= 15 is 0 Å². The Labute approximate surface area is 122 Å². The van der Waals surface area contributed by atoms with Crippen molar-refractivity contribution in [3.63, 3.8) is 0 Å². The number of hydrogen-bond donors (Lipinski definition) is 1. The second-order valence-electron chi connectivity index (χ2n) is 5.17. The van der Waals surface area contributed by atoms with E-state index in [0.717, 1.165) is 29.4 Å². The number of hydrogen-bond acceptors (Lipinski definition) is 2. The normalized spacial score (nSPS) is 24.6. The lowest BCUT2D eigenvalue weighted by molar-refractivity contribution is 0.0322. The van der Waals surface area contributed by atoms with Crippen LogP contribution >= 0.6 is 15.9 Å². The Morgan fingerprint density at radius 2 is 2.26 bits per heavy atom. The number of ether oxygens (including phenoxy) is 1. The van der Waals surface area contributed by atoms with Crippen molar-refractivity contribution in [1.82, 2.24) is 5.32 Å². The molecule has 1 aliphatic heterocycles. The quantitative estimate of drug-likeness (QED) is 0.889. The molecule has 19 heavy (non-hydrogen) atoms. The predicted octanol–water partition coefficient (Wildman–Crippen LogP) is 3.68. The summed E-state index contributed by atoms with van der Waals surface area (Å²) in [5, 5.41) is 3.43. The van der Waals surface area contributed by atoms with Crippen LogP contribution in [0.4, 0.5) is 4.39 Å². The molecule has 2 rings (SSSR count). The van der Waals surface area contributed by atoms with Crippen molar-refractivity contribution in [1.29, 1.82) is 0 Å². The van der Waals surface area contributed by atoms with Gasteiger partial charge in [-0.15, -0.1) is 0 Å². The Hall–Kier alpha value is -0.450. The maximum atomic E-state index is 13.8. The molecule has 0 spiro atoms. The van der Waals surface area contributed by atoms with Gasteiger partial charge in [-0.05, 0) is 56.5 Å². The molecule has 0 aliphatic carbocycles. The molecule has 0 amide bonds. The summed E-state index contributed by atoms with van der Waals surface area (Å²) in [5.41, 5.74) is 0.739. The largest absolute Gasteiger partial charge is 0.374 e. The monoisotopic (exact) mass is 329 g/mol. The van der Waals surface area contributed by atoms with Gasteiger partial charge in [0.15, 0.2) is 0 Å². The van der Waals surface area contributed by atoms with Gasteiger partial charge in [0.1, 0.15) is 5.82 Å². The van der Waals surface area contributed by atoms with Crippen LogP contribution in [0.5, 0.6) is 0 Å². The van der Waals surface area contributed by atoms with Crippen molar-refractivity contribution < 1.29 is 9.13 Å². The molecular weight excluding hydrogens is 309 g/mol. The summed E-state index contributed by atoms with van der Waals surface area (Å²) in [6.45, 7) is 5.04. The van der Waals surface area contributed by atoms with Crippen LogP contribution < -0.4 is 5.32 Å². The fourth-order valence-corrected chi connectivity index (χ4v) is 3.07. The van der Waals surface area contributed by atoms with E-state index in [0.29, 0.717) is 12.5 Å². The molecule has 106 valence electrons. The zero-order valence-electron chi connectivity index (χ0n) is 11.5. The maximum absolute atomic E-state index is 13.8. The van der Waals surface area contributed by atoms with Gasteiger partial charge in [0.2, 0.25) is 0 Å². The molecule has 1 saturated heterocycles. The van der Waals surface area contributed by atoms with E-state index in [1.54, 1.807) is 6.07 Å². The van der Waals surface area contributed by atoms with E-state index in [1.807, 2.05) is 6.07 Å². The van der Waals surface area contributed by atoms with Crippen LogP contribution in [-0.4, -0.2) is 24.8 Å². The molecule has 1 aliphatic rings. The van der Waals surface area contributed by atoms with Crippen molar-refractivity contribution >= 4 is 15.9 Å². The minimum Gasteiger partial charge on any atom is -0.374 e. The lowest BCUT2D eigenvalue weighted by Crippen LogP contribution is -2.41. The number of halogens is 2. The van der Waals surface area contributed by atoms with Gasteiger partial charge >= 0.3 is 0 Å². The van der Waals surface area contributed by atoms with E-state index in [-0.39, 0.29) is 18.0 Å². The second-order valence-corrected chi connectivity index (χ2v) is 6.08. The molecular formula is C15H21BrFNO. The van der Waals surface area contributed by atoms with Crippen molar-refractivity contribution in [2.45, 2.75) is 51.4 Å². The van der Waals surface area contributed by atoms with Gasteiger partial charge in [-0.1, -0.05) is 22.9 Å². The van der Waals surface area contributed by atoms with Gasteiger partial charge < -0.3 is 10.1 Å². The highest BCUT2D eigenvalue weighted by atomic mass is 79.9. The van der Waals surface area contributed by atoms with Crippen LogP contribution in [0.1, 0.15) is 32.3 Å². The maximum Gasteiger partial charge on any atom is 0.126 e. The van der Waals surface area contributed by atoms with Gasteiger partial charge in [-0.25, -0.2) is 4.39 Å². The molecule has 0 aromatic heterocycles. The Balaban J connectivity index is 2.09. The summed E-state index contributed by atoms with van der Waals surface area (Å²) in [7, 11) is 0. The molecule has 1 aromatic carbocycles. The minimum absolute atomic E-state index is 0.142. The first-order valence-corrected chi connectivity index (χ1v) is 7.72. The number of benzene rings is 1. The number of nitrogens with one attached hydrogen (secondary N) is 1. The minimum atomic E-state index is -0.142. The smallest absolute Gasteiger partial charge is 0.126 e. The van der Waals surface area contributed by atoms with Crippen LogP contribution in [0.2, 0.25) is 0 Å². The SMILES string of the molecule is CCNC(Cc1cc(Br)ccc1F)C1CCC(C)O1. The third-order valence-corrected chi connectivity index (χ3v) is 4.12. The summed E-state index contributed by atoms with van der Waals surface area (Å²) in [4.78, 5) is 0. The Morgan fingerprint density at radius 1 is 1.47 bits per heavy atom. The Morgan fingerprint density at radius 3 is 2.89 bits per heavy atom. The third kappa shape index (κ3) is 4.01. The second kappa shape index (κ2) is 6.82. The van der Waals surface area contributed by atoms with Crippen molar-refractivity contribution in [2.24, 2.45) is 0 Å². The lowest BCUT2D eigenvalue weighted by Gasteiger charge is -2.24. The highest BCUT2D eigenvalue weighted by molar-refractivity contribution is 9.10. The fraction of sp³-hybridized carbons (Fsp3) is 0.600. The molecule has 2 nitrogen and oxygen atoms in total. The van der Waals surface area contributed by atoms with Gasteiger partial charge in [-0.2, -0.15) is 0 Å². The molecule has 1 N–H and O–H groups in total. The number of likely N-dealkylation sites (N-methyl/N-ethyl adjacent to an activating group) is 1. The van der Waals surface area contributed by atoms with Gasteiger partial charge in [0, 0.05) is 10.5 Å². The predicted molar refractivity (Wildman–Crippen MR) is 78.8 cm³/mol. The standard InChI is InChI=1S/C15H21BrFNO/c1-3-18-14(15-7-4-10(2)19-15)9-11-8-12(16)5-6-13(11)17/h5-6,8,10,14-15,18H,3-4,7,9H2,1-2H3. The first-order chi connectivity index (χ1) is 9.10. The van der Waals surface area contributed by atoms with E-state index in [9.17, 15) is 4.39 Å². The van der Waals surface area contributed by atoms with Crippen LogP contribution in [0.25, 0.3) is 0 Å². The van der Waals surface area contributed by atoms with Crippen molar-refractivity contribution in [3.8, 4) is 0 Å². The van der Waals surface area contributed by atoms with Crippen molar-refractivity contribution in [3.05, 3.63) is 34.1 Å². The van der Waals surface area contributed by atoms with Crippen LogP contribution in [-0.2, 0) is 11.2 Å². The van der Waals surface area contributed by atoms with Gasteiger partial charge in [0.25, 0.3) is 0 Å². The molecule has 3 unspecified atom stereocenters. The average molecular weight is 330 g/mol. The van der Waals surface area contributed by atoms with E-state index in [2.05, 4.69) is 35.1 Å². The van der Waals surface area contributed by atoms with Gasteiger partial charge in [0.05, 0.1) is 12.2 Å². The summed E-state index contributed by atoms with van der Waals surface area (Å²) in [6, 6.07) is 5.28. The van der Waals surface area contributed by atoms with Crippen LogP contribution in [0.3, 0.4) is 0 Å². The van der Waals surface area contributed by atoms with Crippen molar-refractivity contribution in [2.75, 3.05) is 6.54 Å². The highest BCUT2D eigenvalue weighted by Crippen LogP contribution is 2.25. The molecule has 4 heteroatoms. The van der Waals surface area contributed by atoms with Crippen LogP contribution in [0.15, 0.2) is 22.7 Å². The zero-order valence-corrected chi connectivity index (χ0v) is 13.0. The zero-order chi connectivity index (χ0) is 13.8. The molecule has 1 heterocycles. The molecule has 0 saturated carbocycles. The van der Waals surface area contributed by atoms with E-state index < -0.39 is 0 Å². The summed E-state index contributed by atoms with van der Waals surface area (Å²) < 4.78 is 20.7. The van der Waals surface area contributed by atoms with Crippen LogP contribution in [0, 0.1) is 5.82 Å². The van der Waals surface area contributed by atoms with Gasteiger partial charge in [-0.3, -0.25) is 0 Å². The lowest BCUT2D eigenvalue weighted by atomic mass is 9.99. The fourth-order valence-electron chi connectivity index (χ4n) is 2.66. The highest BCUT2D eigenvalue weighted by Gasteiger charge is 2.29. The number of rotatable bonds is 5. The summed E-state index contributed by atoms with van der Waals surface area (Å²) in [5.74, 6) is -0.142. The Kier molecular flexibility index (Phi) is 5.37. The first-order valence-electron chi connectivity index (χ1n) is 6.93.